The molecule has 1 aromatic rings. The van der Waals surface area contributed by atoms with Gasteiger partial charge in [0.15, 0.2) is 0 Å². The van der Waals surface area contributed by atoms with Gasteiger partial charge in [0.1, 0.15) is 5.92 Å². The topological polar surface area (TPSA) is 89.4 Å². The number of primary amides is 1. The van der Waals surface area contributed by atoms with Crippen molar-refractivity contribution in [2.24, 2.45) is 17.4 Å². The van der Waals surface area contributed by atoms with Crippen molar-refractivity contribution < 1.29 is 9.59 Å². The molecule has 112 valence electrons. The van der Waals surface area contributed by atoms with E-state index in [1.165, 1.54) is 0 Å². The zero-order valence-electron chi connectivity index (χ0n) is 11.7. The fourth-order valence-electron chi connectivity index (χ4n) is 2.64. The Morgan fingerprint density at radius 2 is 1.71 bits per heavy atom. The summed E-state index contributed by atoms with van der Waals surface area (Å²) < 4.78 is 0. The minimum absolute atomic E-state index is 0.100. The van der Waals surface area contributed by atoms with Crippen LogP contribution in [0.25, 0.3) is 0 Å². The second-order valence-corrected chi connectivity index (χ2v) is 5.72. The lowest BCUT2D eigenvalue weighted by Crippen LogP contribution is -2.45. The van der Waals surface area contributed by atoms with Crippen LogP contribution in [-0.2, 0) is 9.59 Å². The van der Waals surface area contributed by atoms with E-state index >= 15 is 0 Å². The van der Waals surface area contributed by atoms with E-state index in [9.17, 15) is 9.59 Å². The summed E-state index contributed by atoms with van der Waals surface area (Å²) in [6.07, 6.45) is 1.19. The molecule has 6 heteroatoms. The molecule has 1 aliphatic rings. The Bertz CT molecular complexity index is 539. The van der Waals surface area contributed by atoms with E-state index in [4.69, 9.17) is 23.7 Å². The summed E-state index contributed by atoms with van der Waals surface area (Å²) in [4.78, 5) is 25.7. The van der Waals surface area contributed by atoms with Crippen LogP contribution in [0.4, 0.5) is 0 Å². The largest absolute Gasteiger partial charge is 0.392 e. The molecule has 1 aliphatic heterocycles. The van der Waals surface area contributed by atoms with Crippen molar-refractivity contribution in [3.63, 3.8) is 0 Å². The van der Waals surface area contributed by atoms with E-state index in [0.717, 1.165) is 5.56 Å². The number of amides is 2. The van der Waals surface area contributed by atoms with Crippen LogP contribution in [0, 0.1) is 5.92 Å². The summed E-state index contributed by atoms with van der Waals surface area (Å²) in [6, 6.07) is 9.28. The van der Waals surface area contributed by atoms with Gasteiger partial charge < -0.3 is 16.4 Å². The third-order valence-electron chi connectivity index (χ3n) is 3.87. The lowest BCUT2D eigenvalue weighted by atomic mass is 9.93. The molecular formula is C15H19N3O2S. The number of carbonyl (C=O) groups is 2. The molecule has 0 radical (unpaired) electrons. The molecule has 1 aromatic carbocycles. The van der Waals surface area contributed by atoms with Gasteiger partial charge in [0.05, 0.1) is 4.99 Å². The third-order valence-corrected chi connectivity index (χ3v) is 4.11. The second kappa shape index (κ2) is 6.67. The summed E-state index contributed by atoms with van der Waals surface area (Å²) in [5.41, 5.74) is 11.9. The molecule has 1 unspecified atom stereocenters. The van der Waals surface area contributed by atoms with Gasteiger partial charge in [-0.25, -0.2) is 0 Å². The molecule has 0 aromatic heterocycles. The minimum Gasteiger partial charge on any atom is -0.392 e. The smallest absolute Gasteiger partial charge is 0.236 e. The Kier molecular flexibility index (Phi) is 4.90. The molecule has 21 heavy (non-hydrogen) atoms. The van der Waals surface area contributed by atoms with E-state index in [-0.39, 0.29) is 22.7 Å². The van der Waals surface area contributed by atoms with E-state index in [1.54, 1.807) is 4.90 Å². The number of likely N-dealkylation sites (tertiary alicyclic amines) is 1. The predicted octanol–water partition coefficient (Wildman–Crippen LogP) is 0.780. The highest BCUT2D eigenvalue weighted by molar-refractivity contribution is 7.80. The third kappa shape index (κ3) is 3.58. The lowest BCUT2D eigenvalue weighted by Gasteiger charge is -2.33. The zero-order chi connectivity index (χ0) is 15.4. The second-order valence-electron chi connectivity index (χ2n) is 5.25. The van der Waals surface area contributed by atoms with Crippen molar-refractivity contribution in [1.82, 2.24) is 4.90 Å². The van der Waals surface area contributed by atoms with Crippen LogP contribution in [0.2, 0.25) is 0 Å². The maximum Gasteiger partial charge on any atom is 0.236 e. The summed E-state index contributed by atoms with van der Waals surface area (Å²) >= 11 is 5.07. The Labute approximate surface area is 129 Å². The normalized spacial score (nSPS) is 17.2. The van der Waals surface area contributed by atoms with Crippen LogP contribution in [0.1, 0.15) is 24.3 Å². The molecule has 2 amide bonds. The van der Waals surface area contributed by atoms with Crippen molar-refractivity contribution >= 4 is 29.0 Å². The van der Waals surface area contributed by atoms with Gasteiger partial charge in [-0.15, -0.1) is 0 Å². The standard InChI is InChI=1S/C15H19N3O2S/c16-13(19)11-6-8-18(9-7-11)15(20)12(14(17)21)10-4-2-1-3-5-10/h1-5,11-12H,6-9H2,(H2,16,19)(H2,17,21). The van der Waals surface area contributed by atoms with Crippen molar-refractivity contribution in [1.29, 1.82) is 0 Å². The quantitative estimate of drug-likeness (QED) is 0.805. The van der Waals surface area contributed by atoms with Gasteiger partial charge in [-0.05, 0) is 18.4 Å². The average Bonchev–Trinajstić information content (AvgIpc) is 2.48. The van der Waals surface area contributed by atoms with Gasteiger partial charge in [-0.3, -0.25) is 9.59 Å². The van der Waals surface area contributed by atoms with Crippen LogP contribution in [0.3, 0.4) is 0 Å². The first-order valence-corrected chi connectivity index (χ1v) is 7.34. The van der Waals surface area contributed by atoms with E-state index in [2.05, 4.69) is 0 Å². The minimum atomic E-state index is -0.605. The Balaban J connectivity index is 2.10. The van der Waals surface area contributed by atoms with Crippen LogP contribution in [0.5, 0.6) is 0 Å². The Hall–Kier alpha value is -1.95. The molecule has 1 atom stereocenters. The average molecular weight is 305 g/mol. The maximum absolute atomic E-state index is 12.7. The van der Waals surface area contributed by atoms with Crippen molar-refractivity contribution in [3.05, 3.63) is 35.9 Å². The molecule has 1 heterocycles. The highest BCUT2D eigenvalue weighted by atomic mass is 32.1. The lowest BCUT2D eigenvalue weighted by molar-refractivity contribution is -0.134. The highest BCUT2D eigenvalue weighted by Crippen LogP contribution is 2.23. The number of nitrogens with zero attached hydrogens (tertiary/aromatic N) is 1. The predicted molar refractivity (Wildman–Crippen MR) is 84.5 cm³/mol. The monoisotopic (exact) mass is 305 g/mol. The van der Waals surface area contributed by atoms with Crippen LogP contribution >= 0.6 is 12.2 Å². The summed E-state index contributed by atoms with van der Waals surface area (Å²) in [5, 5.41) is 0. The highest BCUT2D eigenvalue weighted by Gasteiger charge is 2.32. The van der Waals surface area contributed by atoms with Crippen molar-refractivity contribution in [3.8, 4) is 0 Å². The van der Waals surface area contributed by atoms with Crippen molar-refractivity contribution in [2.75, 3.05) is 13.1 Å². The maximum atomic E-state index is 12.7. The van der Waals surface area contributed by atoms with Crippen LogP contribution in [-0.4, -0.2) is 34.8 Å². The molecule has 1 saturated heterocycles. The molecular weight excluding hydrogens is 286 g/mol. The van der Waals surface area contributed by atoms with Gasteiger partial charge in [-0.1, -0.05) is 42.5 Å². The molecule has 0 saturated carbocycles. The first-order chi connectivity index (χ1) is 10.0. The fourth-order valence-corrected chi connectivity index (χ4v) is 2.88. The van der Waals surface area contributed by atoms with E-state index in [0.29, 0.717) is 25.9 Å². The SMILES string of the molecule is NC(=O)C1CCN(C(=O)C(C(N)=S)c2ccccc2)CC1. The number of benzene rings is 1. The number of nitrogens with two attached hydrogens (primary N) is 2. The van der Waals surface area contributed by atoms with Gasteiger partial charge in [0, 0.05) is 19.0 Å². The van der Waals surface area contributed by atoms with E-state index < -0.39 is 5.92 Å². The Morgan fingerprint density at radius 3 is 2.19 bits per heavy atom. The number of hydrogen-bond acceptors (Lipinski definition) is 3. The van der Waals surface area contributed by atoms with Crippen molar-refractivity contribution in [2.45, 2.75) is 18.8 Å². The molecule has 0 aliphatic carbocycles. The van der Waals surface area contributed by atoms with Gasteiger partial charge >= 0.3 is 0 Å². The Morgan fingerprint density at radius 1 is 1.14 bits per heavy atom. The van der Waals surface area contributed by atoms with Gasteiger partial charge in [-0.2, -0.15) is 0 Å². The van der Waals surface area contributed by atoms with Crippen LogP contribution in [0.15, 0.2) is 30.3 Å². The number of rotatable bonds is 4. The number of thiocarbonyl (C=S) groups is 1. The summed E-state index contributed by atoms with van der Waals surface area (Å²) in [7, 11) is 0. The zero-order valence-corrected chi connectivity index (χ0v) is 12.5. The van der Waals surface area contributed by atoms with Gasteiger partial charge in [0.2, 0.25) is 11.8 Å². The number of hydrogen-bond donors (Lipinski definition) is 2. The van der Waals surface area contributed by atoms with E-state index in [1.807, 2.05) is 30.3 Å². The number of piperidine rings is 1. The first kappa shape index (κ1) is 15.4. The molecule has 2 rings (SSSR count). The summed E-state index contributed by atoms with van der Waals surface area (Å²) in [6.45, 7) is 1.02. The number of carbonyl (C=O) groups excluding carboxylic acids is 2. The first-order valence-electron chi connectivity index (χ1n) is 6.93. The summed E-state index contributed by atoms with van der Waals surface area (Å²) in [5.74, 6) is -1.15. The molecule has 4 N–H and O–H groups in total. The molecule has 0 bridgehead atoms. The van der Waals surface area contributed by atoms with Gasteiger partial charge in [0.25, 0.3) is 0 Å². The fraction of sp³-hybridized carbons (Fsp3) is 0.400. The molecule has 0 spiro atoms. The molecule has 5 nitrogen and oxygen atoms in total. The van der Waals surface area contributed by atoms with Crippen LogP contribution < -0.4 is 11.5 Å². The molecule has 1 fully saturated rings.